The summed E-state index contributed by atoms with van der Waals surface area (Å²) in [5, 5.41) is 8.65. The average molecular weight is 445 g/mol. The number of hydroxylamine groups is 2. The highest BCUT2D eigenvalue weighted by Gasteiger charge is 2.42. The molecule has 4 rings (SSSR count). The van der Waals surface area contributed by atoms with Gasteiger partial charge >= 0.3 is 12.1 Å². The minimum absolute atomic E-state index is 0.0590. The molecule has 3 aliphatic heterocycles. The van der Waals surface area contributed by atoms with Crippen LogP contribution < -0.4 is 0 Å². The first kappa shape index (κ1) is 23.4. The van der Waals surface area contributed by atoms with Crippen molar-refractivity contribution in [2.45, 2.75) is 38.1 Å². The summed E-state index contributed by atoms with van der Waals surface area (Å²) in [6.07, 6.45) is -0.685. The maximum absolute atomic E-state index is 12.3. The molecule has 0 unspecified atom stereocenters. The zero-order valence-corrected chi connectivity index (χ0v) is 17.0. The third kappa shape index (κ3) is 6.62. The van der Waals surface area contributed by atoms with E-state index in [9.17, 15) is 18.0 Å². The zero-order chi connectivity index (χ0) is 22.4. The lowest BCUT2D eigenvalue weighted by Gasteiger charge is -2.35. The Balaban J connectivity index is 0.000000339. The van der Waals surface area contributed by atoms with Crippen LogP contribution in [0.1, 0.15) is 25.0 Å². The second-order valence-electron chi connectivity index (χ2n) is 7.83. The van der Waals surface area contributed by atoms with E-state index in [1.165, 1.54) is 5.06 Å². The number of amides is 1. The summed E-state index contributed by atoms with van der Waals surface area (Å²) in [5.41, 5.74) is 1.12. The molecule has 1 aromatic heterocycles. The molecule has 3 atom stereocenters. The van der Waals surface area contributed by atoms with Crippen molar-refractivity contribution in [2.75, 3.05) is 32.8 Å². The Hall–Kier alpha value is -2.24. The Morgan fingerprint density at radius 2 is 2.03 bits per heavy atom. The molecule has 8 nitrogen and oxygen atoms in total. The Morgan fingerprint density at radius 1 is 1.26 bits per heavy atom. The normalized spacial score (nSPS) is 26.2. The highest BCUT2D eigenvalue weighted by Crippen LogP contribution is 2.36. The fraction of sp³-hybridized carbons (Fsp3) is 0.650. The Kier molecular flexibility index (Phi) is 7.84. The van der Waals surface area contributed by atoms with Gasteiger partial charge in [-0.2, -0.15) is 13.2 Å². The number of carboxylic acid groups (broad SMARTS) is 1. The number of nitrogens with zero attached hydrogens (tertiary/aromatic N) is 3. The van der Waals surface area contributed by atoms with Crippen molar-refractivity contribution in [1.29, 1.82) is 0 Å². The second-order valence-corrected chi connectivity index (χ2v) is 7.83. The molecule has 3 aliphatic rings. The number of piperidine rings is 1. The number of aromatic nitrogens is 1. The summed E-state index contributed by atoms with van der Waals surface area (Å²) in [6, 6.07) is 6.07. The van der Waals surface area contributed by atoms with Crippen LogP contribution in [0.25, 0.3) is 0 Å². The second kappa shape index (κ2) is 10.4. The molecule has 0 spiro atoms. The lowest BCUT2D eigenvalue weighted by molar-refractivity contribution is -0.192. The van der Waals surface area contributed by atoms with Gasteiger partial charge in [-0.15, -0.1) is 0 Å². The van der Waals surface area contributed by atoms with E-state index in [0.29, 0.717) is 24.9 Å². The fourth-order valence-electron chi connectivity index (χ4n) is 4.15. The van der Waals surface area contributed by atoms with Gasteiger partial charge in [0.25, 0.3) is 0 Å². The van der Waals surface area contributed by atoms with Crippen LogP contribution in [0.15, 0.2) is 24.4 Å². The lowest BCUT2D eigenvalue weighted by atomic mass is 9.83. The van der Waals surface area contributed by atoms with E-state index in [0.717, 1.165) is 51.3 Å². The van der Waals surface area contributed by atoms with Crippen LogP contribution in [0.5, 0.6) is 0 Å². The predicted molar refractivity (Wildman–Crippen MR) is 101 cm³/mol. The number of carboxylic acids is 1. The summed E-state index contributed by atoms with van der Waals surface area (Å²) in [6.45, 7) is 5.12. The lowest BCUT2D eigenvalue weighted by Crippen LogP contribution is -2.42. The molecule has 0 bridgehead atoms. The molecule has 0 saturated carbocycles. The van der Waals surface area contributed by atoms with Crippen LogP contribution in [-0.4, -0.2) is 77.1 Å². The van der Waals surface area contributed by atoms with Crippen molar-refractivity contribution in [3.05, 3.63) is 30.1 Å². The minimum Gasteiger partial charge on any atom is -0.475 e. The van der Waals surface area contributed by atoms with Crippen molar-refractivity contribution in [3.8, 4) is 0 Å². The van der Waals surface area contributed by atoms with Crippen LogP contribution in [0.3, 0.4) is 0 Å². The highest BCUT2D eigenvalue weighted by molar-refractivity contribution is 5.75. The van der Waals surface area contributed by atoms with E-state index in [1.54, 1.807) is 0 Å². The van der Waals surface area contributed by atoms with Gasteiger partial charge in [-0.3, -0.25) is 19.5 Å². The number of hydrogen-bond acceptors (Lipinski definition) is 6. The molecule has 1 amide bonds. The van der Waals surface area contributed by atoms with Gasteiger partial charge < -0.3 is 9.84 Å². The van der Waals surface area contributed by atoms with Crippen LogP contribution in [0.2, 0.25) is 0 Å². The summed E-state index contributed by atoms with van der Waals surface area (Å²) in [4.78, 5) is 33.4. The topological polar surface area (TPSA) is 92.2 Å². The monoisotopic (exact) mass is 445 g/mol. The number of alkyl halides is 3. The van der Waals surface area contributed by atoms with Crippen LogP contribution in [0, 0.1) is 11.8 Å². The van der Waals surface area contributed by atoms with Crippen molar-refractivity contribution >= 4 is 11.9 Å². The molecule has 0 radical (unpaired) electrons. The van der Waals surface area contributed by atoms with Gasteiger partial charge in [-0.25, -0.2) is 9.86 Å². The van der Waals surface area contributed by atoms with Gasteiger partial charge in [0.1, 0.15) is 0 Å². The van der Waals surface area contributed by atoms with Crippen molar-refractivity contribution in [3.63, 3.8) is 0 Å². The molecule has 0 aliphatic carbocycles. The van der Waals surface area contributed by atoms with Crippen LogP contribution in [-0.2, 0) is 25.7 Å². The van der Waals surface area contributed by atoms with Crippen molar-refractivity contribution < 1.29 is 37.4 Å². The van der Waals surface area contributed by atoms with Gasteiger partial charge in [-0.05, 0) is 37.4 Å². The van der Waals surface area contributed by atoms with E-state index < -0.39 is 12.1 Å². The number of ether oxygens (including phenoxy) is 1. The van der Waals surface area contributed by atoms with Crippen molar-refractivity contribution in [2.24, 2.45) is 11.8 Å². The van der Waals surface area contributed by atoms with Crippen LogP contribution in [0.4, 0.5) is 13.2 Å². The summed E-state index contributed by atoms with van der Waals surface area (Å²) in [7, 11) is 0. The Bertz CT molecular complexity index is 743. The number of fused-ring (bicyclic) bond motifs is 1. The van der Waals surface area contributed by atoms with Crippen LogP contribution >= 0.6 is 0 Å². The smallest absolute Gasteiger partial charge is 0.475 e. The number of carbonyl (C=O) groups is 2. The number of aliphatic carboxylic acids is 1. The quantitative estimate of drug-likeness (QED) is 0.759. The molecular formula is C20H26F3N3O5. The van der Waals surface area contributed by atoms with Gasteiger partial charge in [-0.1, -0.05) is 6.07 Å². The fourth-order valence-corrected chi connectivity index (χ4v) is 4.15. The van der Waals surface area contributed by atoms with E-state index in [2.05, 4.69) is 16.0 Å². The van der Waals surface area contributed by atoms with Crippen molar-refractivity contribution in [1.82, 2.24) is 14.9 Å². The molecule has 31 heavy (non-hydrogen) atoms. The molecule has 172 valence electrons. The molecular weight excluding hydrogens is 419 g/mol. The average Bonchev–Trinajstić information content (AvgIpc) is 3.39. The summed E-state index contributed by atoms with van der Waals surface area (Å²) in [5.74, 6) is -1.65. The largest absolute Gasteiger partial charge is 0.490 e. The molecule has 1 aromatic rings. The van der Waals surface area contributed by atoms with Gasteiger partial charge in [0.2, 0.25) is 5.91 Å². The molecule has 3 saturated heterocycles. The predicted octanol–water partition coefficient (Wildman–Crippen LogP) is 2.11. The molecule has 3 fully saturated rings. The number of halogens is 3. The summed E-state index contributed by atoms with van der Waals surface area (Å²) >= 11 is 0. The first-order valence-corrected chi connectivity index (χ1v) is 10.2. The zero-order valence-electron chi connectivity index (χ0n) is 17.0. The van der Waals surface area contributed by atoms with Gasteiger partial charge in [0, 0.05) is 25.2 Å². The molecule has 11 heteroatoms. The Labute approximate surface area is 177 Å². The SMILES string of the molecule is O=C(C[C@@H]1OC[C@H]2CN(Cc3ccccn3)CC[C@H]21)N1CCCO1.O=C(O)C(F)(F)F. The van der Waals surface area contributed by atoms with E-state index in [1.807, 2.05) is 18.3 Å². The van der Waals surface area contributed by atoms with Gasteiger partial charge in [0.15, 0.2) is 0 Å². The number of likely N-dealkylation sites (tertiary alicyclic amines) is 1. The first-order valence-electron chi connectivity index (χ1n) is 10.2. The third-order valence-electron chi connectivity index (χ3n) is 5.64. The van der Waals surface area contributed by atoms with Gasteiger partial charge in [0.05, 0.1) is 38.0 Å². The van der Waals surface area contributed by atoms with E-state index >= 15 is 0 Å². The molecule has 4 heterocycles. The maximum atomic E-state index is 12.3. The number of hydrogen-bond donors (Lipinski definition) is 1. The third-order valence-corrected chi connectivity index (χ3v) is 5.64. The molecule has 1 N–H and O–H groups in total. The number of carbonyl (C=O) groups excluding carboxylic acids is 1. The molecule has 0 aromatic carbocycles. The van der Waals surface area contributed by atoms with E-state index in [-0.39, 0.29) is 12.0 Å². The Morgan fingerprint density at radius 3 is 2.65 bits per heavy atom. The maximum Gasteiger partial charge on any atom is 0.490 e. The number of rotatable bonds is 4. The minimum atomic E-state index is -5.08. The number of pyridine rings is 1. The first-order chi connectivity index (χ1) is 14.7. The highest BCUT2D eigenvalue weighted by atomic mass is 19.4. The standard InChI is InChI=1S/C18H25N3O3.C2HF3O2/c22-18(21-7-3-9-24-21)10-17-16-5-8-20(11-14(16)13-23-17)12-15-4-1-2-6-19-15;3-2(4,5)1(6)7/h1-2,4,6,14,16-17H,3,5,7-13H2;(H,6,7)/t14-,16-,17+;/m1./s1. The van der Waals surface area contributed by atoms with E-state index in [4.69, 9.17) is 19.5 Å². The summed E-state index contributed by atoms with van der Waals surface area (Å²) < 4.78 is 37.7.